The fourth-order valence-corrected chi connectivity index (χ4v) is 2.40. The molecule has 1 atom stereocenters. The molecule has 0 radical (unpaired) electrons. The van der Waals surface area contributed by atoms with E-state index in [0.717, 1.165) is 25.1 Å². The Morgan fingerprint density at radius 2 is 1.94 bits per heavy atom. The van der Waals surface area contributed by atoms with Crippen molar-refractivity contribution in [3.63, 3.8) is 0 Å². The highest BCUT2D eigenvalue weighted by atomic mass is 16.2. The first-order valence-corrected chi connectivity index (χ1v) is 6.17. The van der Waals surface area contributed by atoms with Gasteiger partial charge in [0.05, 0.1) is 6.04 Å². The maximum atomic E-state index is 12.2. The Morgan fingerprint density at radius 3 is 2.47 bits per heavy atom. The van der Waals surface area contributed by atoms with Gasteiger partial charge in [-0.1, -0.05) is 6.07 Å². The quantitative estimate of drug-likeness (QED) is 0.846. The average molecular weight is 232 g/mol. The molecular weight excluding hydrogens is 212 g/mol. The third-order valence-electron chi connectivity index (χ3n) is 3.28. The first-order valence-electron chi connectivity index (χ1n) is 6.17. The molecule has 2 rings (SSSR count). The number of benzene rings is 1. The summed E-state index contributed by atoms with van der Waals surface area (Å²) in [6.07, 6.45) is 2.05. The van der Waals surface area contributed by atoms with E-state index in [-0.39, 0.29) is 11.9 Å². The van der Waals surface area contributed by atoms with E-state index < -0.39 is 0 Å². The predicted molar refractivity (Wildman–Crippen MR) is 70.4 cm³/mol. The van der Waals surface area contributed by atoms with Gasteiger partial charge in [0.25, 0.3) is 0 Å². The summed E-state index contributed by atoms with van der Waals surface area (Å²) < 4.78 is 0. The van der Waals surface area contributed by atoms with Gasteiger partial charge in [-0.15, -0.1) is 0 Å². The molecular formula is C14H20N2O. The summed E-state index contributed by atoms with van der Waals surface area (Å²) in [5, 5.41) is 3.25. The summed E-state index contributed by atoms with van der Waals surface area (Å²) in [4.78, 5) is 14.0. The van der Waals surface area contributed by atoms with E-state index in [2.05, 4.69) is 37.4 Å². The van der Waals surface area contributed by atoms with Crippen LogP contribution in [0.5, 0.6) is 0 Å². The van der Waals surface area contributed by atoms with Crippen LogP contribution in [-0.4, -0.2) is 25.5 Å². The molecule has 17 heavy (non-hydrogen) atoms. The predicted octanol–water partition coefficient (Wildman–Crippen LogP) is 2.02. The summed E-state index contributed by atoms with van der Waals surface area (Å²) >= 11 is 0. The summed E-state index contributed by atoms with van der Waals surface area (Å²) in [6.45, 7) is 5.07. The van der Waals surface area contributed by atoms with Crippen LogP contribution in [0.15, 0.2) is 18.2 Å². The lowest BCUT2D eigenvalue weighted by Gasteiger charge is -2.22. The SMILES string of the molecule is Cc1cc(C)cc(N(C)C(=O)[C@@H]2CCCN2)c1. The maximum Gasteiger partial charge on any atom is 0.243 e. The van der Waals surface area contributed by atoms with E-state index in [1.165, 1.54) is 11.1 Å². The van der Waals surface area contributed by atoms with Gasteiger partial charge in [0, 0.05) is 12.7 Å². The number of anilines is 1. The third-order valence-corrected chi connectivity index (χ3v) is 3.28. The molecule has 1 N–H and O–H groups in total. The molecule has 0 aliphatic carbocycles. The Bertz CT molecular complexity index is 402. The maximum absolute atomic E-state index is 12.2. The molecule has 3 heteroatoms. The van der Waals surface area contributed by atoms with Crippen LogP contribution in [0.1, 0.15) is 24.0 Å². The highest BCUT2D eigenvalue weighted by Gasteiger charge is 2.25. The fourth-order valence-electron chi connectivity index (χ4n) is 2.40. The van der Waals surface area contributed by atoms with Gasteiger partial charge in [0.15, 0.2) is 0 Å². The van der Waals surface area contributed by atoms with Crippen molar-refractivity contribution < 1.29 is 4.79 Å². The molecule has 1 saturated heterocycles. The number of hydrogen-bond acceptors (Lipinski definition) is 2. The van der Waals surface area contributed by atoms with Gasteiger partial charge in [-0.05, 0) is 56.5 Å². The Hall–Kier alpha value is -1.35. The minimum Gasteiger partial charge on any atom is -0.314 e. The number of carbonyl (C=O) groups excluding carboxylic acids is 1. The van der Waals surface area contributed by atoms with Crippen LogP contribution in [0.2, 0.25) is 0 Å². The molecule has 1 aromatic rings. The third kappa shape index (κ3) is 2.67. The van der Waals surface area contributed by atoms with Crippen LogP contribution in [0.3, 0.4) is 0 Å². The van der Waals surface area contributed by atoms with Crippen molar-refractivity contribution in [2.75, 3.05) is 18.5 Å². The van der Waals surface area contributed by atoms with Crippen molar-refractivity contribution in [3.8, 4) is 0 Å². The van der Waals surface area contributed by atoms with Crippen molar-refractivity contribution in [1.82, 2.24) is 5.32 Å². The fraction of sp³-hybridized carbons (Fsp3) is 0.500. The molecule has 0 bridgehead atoms. The van der Waals surface area contributed by atoms with Gasteiger partial charge < -0.3 is 10.2 Å². The van der Waals surface area contributed by atoms with Gasteiger partial charge in [0.1, 0.15) is 0 Å². The molecule has 1 amide bonds. The average Bonchev–Trinajstić information content (AvgIpc) is 2.79. The van der Waals surface area contributed by atoms with Crippen LogP contribution < -0.4 is 10.2 Å². The number of likely N-dealkylation sites (N-methyl/N-ethyl adjacent to an activating group) is 1. The molecule has 0 aromatic heterocycles. The van der Waals surface area contributed by atoms with Crippen LogP contribution in [0, 0.1) is 13.8 Å². The summed E-state index contributed by atoms with van der Waals surface area (Å²) in [6, 6.07) is 6.23. The van der Waals surface area contributed by atoms with Gasteiger partial charge in [-0.2, -0.15) is 0 Å². The number of aryl methyl sites for hydroxylation is 2. The monoisotopic (exact) mass is 232 g/mol. The minimum absolute atomic E-state index is 0.000758. The van der Waals surface area contributed by atoms with Gasteiger partial charge in [0.2, 0.25) is 5.91 Å². The highest BCUT2D eigenvalue weighted by molar-refractivity contribution is 5.97. The molecule has 92 valence electrons. The van der Waals surface area contributed by atoms with Gasteiger partial charge in [-0.3, -0.25) is 4.79 Å². The second-order valence-corrected chi connectivity index (χ2v) is 4.89. The molecule has 1 aliphatic heterocycles. The number of nitrogens with one attached hydrogen (secondary N) is 1. The van der Waals surface area contributed by atoms with E-state index >= 15 is 0 Å². The smallest absolute Gasteiger partial charge is 0.243 e. The number of hydrogen-bond donors (Lipinski definition) is 1. The second-order valence-electron chi connectivity index (χ2n) is 4.89. The second kappa shape index (κ2) is 4.88. The number of rotatable bonds is 2. The zero-order chi connectivity index (χ0) is 12.4. The van der Waals surface area contributed by atoms with Crippen molar-refractivity contribution >= 4 is 11.6 Å². The van der Waals surface area contributed by atoms with Crippen LogP contribution in [-0.2, 0) is 4.79 Å². The first-order chi connectivity index (χ1) is 8.08. The van der Waals surface area contributed by atoms with Gasteiger partial charge in [-0.25, -0.2) is 0 Å². The standard InChI is InChI=1S/C14H20N2O/c1-10-7-11(2)9-12(8-10)16(3)14(17)13-5-4-6-15-13/h7-9,13,15H,4-6H2,1-3H3/t13-/m0/s1. The van der Waals surface area contributed by atoms with Gasteiger partial charge >= 0.3 is 0 Å². The lowest BCUT2D eigenvalue weighted by Crippen LogP contribution is -2.41. The molecule has 1 aliphatic rings. The topological polar surface area (TPSA) is 32.3 Å². The molecule has 1 fully saturated rings. The van der Waals surface area contributed by atoms with E-state index in [4.69, 9.17) is 0 Å². The van der Waals surface area contributed by atoms with Crippen molar-refractivity contribution in [2.45, 2.75) is 32.7 Å². The van der Waals surface area contributed by atoms with E-state index in [1.54, 1.807) is 4.90 Å². The lowest BCUT2D eigenvalue weighted by molar-refractivity contribution is -0.119. The molecule has 0 unspecified atom stereocenters. The Balaban J connectivity index is 2.17. The molecule has 1 heterocycles. The zero-order valence-electron chi connectivity index (χ0n) is 10.8. The first kappa shape index (κ1) is 12.1. The highest BCUT2D eigenvalue weighted by Crippen LogP contribution is 2.19. The Labute approximate surface area is 103 Å². The zero-order valence-corrected chi connectivity index (χ0v) is 10.8. The summed E-state index contributed by atoms with van der Waals surface area (Å²) in [5.74, 6) is 0.174. The molecule has 0 spiro atoms. The van der Waals surface area contributed by atoms with Crippen LogP contribution in [0.25, 0.3) is 0 Å². The van der Waals surface area contributed by atoms with Crippen molar-refractivity contribution in [3.05, 3.63) is 29.3 Å². The van der Waals surface area contributed by atoms with Crippen molar-refractivity contribution in [2.24, 2.45) is 0 Å². The van der Waals surface area contributed by atoms with E-state index in [0.29, 0.717) is 0 Å². The molecule has 0 saturated carbocycles. The number of carbonyl (C=O) groups is 1. The number of nitrogens with zero attached hydrogens (tertiary/aromatic N) is 1. The molecule has 1 aromatic carbocycles. The summed E-state index contributed by atoms with van der Waals surface area (Å²) in [5.41, 5.74) is 3.37. The Kier molecular flexibility index (Phi) is 3.48. The minimum atomic E-state index is 0.000758. The van der Waals surface area contributed by atoms with E-state index in [9.17, 15) is 4.79 Å². The largest absolute Gasteiger partial charge is 0.314 e. The lowest BCUT2D eigenvalue weighted by atomic mass is 10.1. The normalized spacial score (nSPS) is 19.4. The van der Waals surface area contributed by atoms with E-state index in [1.807, 2.05) is 7.05 Å². The Morgan fingerprint density at radius 1 is 1.29 bits per heavy atom. The number of amides is 1. The van der Waals surface area contributed by atoms with Crippen LogP contribution >= 0.6 is 0 Å². The van der Waals surface area contributed by atoms with Crippen LogP contribution in [0.4, 0.5) is 5.69 Å². The molecule has 3 nitrogen and oxygen atoms in total. The van der Waals surface area contributed by atoms with Crippen molar-refractivity contribution in [1.29, 1.82) is 0 Å². The summed E-state index contributed by atoms with van der Waals surface area (Å²) in [7, 11) is 1.86.